The monoisotopic (exact) mass is 344 g/mol. The highest BCUT2D eigenvalue weighted by Gasteiger charge is 2.23. The lowest BCUT2D eigenvalue weighted by molar-refractivity contribution is -0.123. The minimum atomic E-state index is -0.929. The van der Waals surface area contributed by atoms with Crippen LogP contribution in [0.5, 0.6) is 5.75 Å². The minimum absolute atomic E-state index is 0.415. The number of benzene rings is 1. The van der Waals surface area contributed by atoms with Gasteiger partial charge in [0.25, 0.3) is 5.91 Å². The van der Waals surface area contributed by atoms with Crippen LogP contribution in [0.15, 0.2) is 30.3 Å². The maximum Gasteiger partial charge on any atom is 0.340 e. The van der Waals surface area contributed by atoms with Gasteiger partial charge in [0.05, 0.1) is 18.4 Å². The van der Waals surface area contributed by atoms with E-state index in [1.165, 1.54) is 7.11 Å². The number of aryl methyl sites for hydroxylation is 1. The number of aromatic nitrogens is 1. The fraction of sp³-hybridized carbons (Fsp3) is 0.368. The molecular formula is C19H24N2O4. The summed E-state index contributed by atoms with van der Waals surface area (Å²) in [5.74, 6) is -0.376. The number of ether oxygens (including phenoxy) is 2. The SMILES string of the molecule is CCn1c(C)cc(C(=O)O[C@H](C)C(=O)Nc2ccccc2OC)c1C. The van der Waals surface area contributed by atoms with Gasteiger partial charge in [0, 0.05) is 17.9 Å². The third-order valence-corrected chi connectivity index (χ3v) is 4.13. The van der Waals surface area contributed by atoms with Crippen LogP contribution < -0.4 is 10.1 Å². The summed E-state index contributed by atoms with van der Waals surface area (Å²) < 4.78 is 12.6. The first-order valence-corrected chi connectivity index (χ1v) is 8.20. The van der Waals surface area contributed by atoms with E-state index in [9.17, 15) is 9.59 Å². The third-order valence-electron chi connectivity index (χ3n) is 4.13. The predicted octanol–water partition coefficient (Wildman–Crippen LogP) is 3.32. The molecule has 6 heteroatoms. The number of esters is 1. The zero-order valence-electron chi connectivity index (χ0n) is 15.3. The van der Waals surface area contributed by atoms with E-state index in [1.54, 1.807) is 37.3 Å². The number of nitrogens with one attached hydrogen (secondary N) is 1. The molecule has 0 fully saturated rings. The number of carbonyl (C=O) groups is 2. The lowest BCUT2D eigenvalue weighted by Gasteiger charge is -2.15. The Labute approximate surface area is 147 Å². The van der Waals surface area contributed by atoms with Gasteiger partial charge in [-0.3, -0.25) is 4.79 Å². The second kappa shape index (κ2) is 7.88. The molecule has 1 aromatic carbocycles. The quantitative estimate of drug-likeness (QED) is 0.816. The van der Waals surface area contributed by atoms with Crippen LogP contribution in [-0.4, -0.2) is 29.7 Å². The molecular weight excluding hydrogens is 320 g/mol. The topological polar surface area (TPSA) is 69.6 Å². The fourth-order valence-corrected chi connectivity index (χ4v) is 2.75. The molecule has 2 aromatic rings. The highest BCUT2D eigenvalue weighted by molar-refractivity contribution is 5.98. The Hall–Kier alpha value is -2.76. The van der Waals surface area contributed by atoms with Gasteiger partial charge in [-0.2, -0.15) is 0 Å². The van der Waals surface area contributed by atoms with Crippen molar-refractivity contribution in [1.82, 2.24) is 4.57 Å². The van der Waals surface area contributed by atoms with Crippen molar-refractivity contribution in [2.24, 2.45) is 0 Å². The number of hydrogen-bond donors (Lipinski definition) is 1. The van der Waals surface area contributed by atoms with Crippen LogP contribution in [0.25, 0.3) is 0 Å². The Kier molecular flexibility index (Phi) is 5.85. The smallest absolute Gasteiger partial charge is 0.340 e. The van der Waals surface area contributed by atoms with Gasteiger partial charge in [-0.05, 0) is 45.9 Å². The van der Waals surface area contributed by atoms with E-state index in [4.69, 9.17) is 9.47 Å². The van der Waals surface area contributed by atoms with Crippen LogP contribution in [0.2, 0.25) is 0 Å². The molecule has 0 aliphatic rings. The number of amides is 1. The van der Waals surface area contributed by atoms with Crippen LogP contribution in [-0.2, 0) is 16.1 Å². The highest BCUT2D eigenvalue weighted by atomic mass is 16.5. The first kappa shape index (κ1) is 18.6. The van der Waals surface area contributed by atoms with Crippen LogP contribution in [0.1, 0.15) is 35.6 Å². The lowest BCUT2D eigenvalue weighted by Crippen LogP contribution is -2.30. The van der Waals surface area contributed by atoms with E-state index in [0.717, 1.165) is 17.9 Å². The van der Waals surface area contributed by atoms with Gasteiger partial charge in [-0.25, -0.2) is 4.79 Å². The Morgan fingerprint density at radius 2 is 1.92 bits per heavy atom. The normalized spacial score (nSPS) is 11.7. The second-order valence-electron chi connectivity index (χ2n) is 5.77. The van der Waals surface area contributed by atoms with Gasteiger partial charge < -0.3 is 19.4 Å². The van der Waals surface area contributed by atoms with Gasteiger partial charge in [0.15, 0.2) is 6.10 Å². The van der Waals surface area contributed by atoms with Gasteiger partial charge in [0.1, 0.15) is 5.75 Å². The van der Waals surface area contributed by atoms with E-state index in [0.29, 0.717) is 17.0 Å². The number of anilines is 1. The molecule has 1 atom stereocenters. The Balaban J connectivity index is 2.07. The van der Waals surface area contributed by atoms with Gasteiger partial charge in [0.2, 0.25) is 0 Å². The number of methoxy groups -OCH3 is 1. The van der Waals surface area contributed by atoms with Crippen molar-refractivity contribution in [2.45, 2.75) is 40.3 Å². The lowest BCUT2D eigenvalue weighted by atomic mass is 10.2. The standard InChI is InChI=1S/C19H24N2O4/c1-6-21-12(2)11-15(13(21)3)19(23)25-14(4)18(22)20-16-9-7-8-10-17(16)24-5/h7-11,14H,6H2,1-5H3,(H,20,22)/t14-/m1/s1. The fourth-order valence-electron chi connectivity index (χ4n) is 2.75. The van der Waals surface area contributed by atoms with Crippen molar-refractivity contribution in [3.8, 4) is 5.75 Å². The molecule has 2 rings (SSSR count). The molecule has 1 aromatic heterocycles. The molecule has 0 radical (unpaired) electrons. The number of hydrogen-bond acceptors (Lipinski definition) is 4. The van der Waals surface area contributed by atoms with Crippen LogP contribution in [0.4, 0.5) is 5.69 Å². The molecule has 0 saturated carbocycles. The molecule has 0 aliphatic carbocycles. The molecule has 6 nitrogen and oxygen atoms in total. The zero-order valence-corrected chi connectivity index (χ0v) is 15.3. The van der Waals surface area contributed by atoms with Crippen LogP contribution >= 0.6 is 0 Å². The molecule has 1 N–H and O–H groups in total. The molecule has 25 heavy (non-hydrogen) atoms. The molecule has 1 heterocycles. The summed E-state index contributed by atoms with van der Waals surface area (Å²) in [6.45, 7) is 8.13. The van der Waals surface area contributed by atoms with Crippen LogP contribution in [0, 0.1) is 13.8 Å². The van der Waals surface area contributed by atoms with Crippen molar-refractivity contribution >= 4 is 17.6 Å². The number of para-hydroxylation sites is 2. The molecule has 0 bridgehead atoms. The average Bonchev–Trinajstić information content (AvgIpc) is 2.89. The zero-order chi connectivity index (χ0) is 18.6. The van der Waals surface area contributed by atoms with Crippen molar-refractivity contribution in [3.63, 3.8) is 0 Å². The largest absolute Gasteiger partial charge is 0.495 e. The Morgan fingerprint density at radius 1 is 1.24 bits per heavy atom. The summed E-state index contributed by atoms with van der Waals surface area (Å²) in [6, 6.07) is 8.84. The molecule has 134 valence electrons. The van der Waals surface area contributed by atoms with E-state index in [1.807, 2.05) is 25.3 Å². The Morgan fingerprint density at radius 3 is 2.52 bits per heavy atom. The maximum atomic E-state index is 12.4. The van der Waals surface area contributed by atoms with Crippen molar-refractivity contribution in [3.05, 3.63) is 47.3 Å². The summed E-state index contributed by atoms with van der Waals surface area (Å²) in [4.78, 5) is 24.7. The van der Waals surface area contributed by atoms with Crippen molar-refractivity contribution < 1.29 is 19.1 Å². The van der Waals surface area contributed by atoms with Crippen molar-refractivity contribution in [1.29, 1.82) is 0 Å². The number of carbonyl (C=O) groups excluding carboxylic acids is 2. The maximum absolute atomic E-state index is 12.4. The molecule has 1 amide bonds. The van der Waals surface area contributed by atoms with E-state index >= 15 is 0 Å². The predicted molar refractivity (Wildman–Crippen MR) is 96.1 cm³/mol. The average molecular weight is 344 g/mol. The van der Waals surface area contributed by atoms with Gasteiger partial charge in [-0.1, -0.05) is 12.1 Å². The minimum Gasteiger partial charge on any atom is -0.495 e. The molecule has 0 aliphatic heterocycles. The summed E-state index contributed by atoms with van der Waals surface area (Å²) >= 11 is 0. The van der Waals surface area contributed by atoms with Gasteiger partial charge in [-0.15, -0.1) is 0 Å². The first-order chi connectivity index (χ1) is 11.9. The number of nitrogens with zero attached hydrogens (tertiary/aromatic N) is 1. The third kappa shape index (κ3) is 4.02. The second-order valence-corrected chi connectivity index (χ2v) is 5.77. The van der Waals surface area contributed by atoms with Gasteiger partial charge >= 0.3 is 5.97 Å². The van der Waals surface area contributed by atoms with E-state index in [2.05, 4.69) is 5.32 Å². The number of rotatable bonds is 6. The summed E-state index contributed by atoms with van der Waals surface area (Å²) in [5.41, 5.74) is 2.83. The summed E-state index contributed by atoms with van der Waals surface area (Å²) in [6.07, 6.45) is -0.929. The highest BCUT2D eigenvalue weighted by Crippen LogP contribution is 2.23. The first-order valence-electron chi connectivity index (χ1n) is 8.20. The van der Waals surface area contributed by atoms with E-state index in [-0.39, 0.29) is 0 Å². The van der Waals surface area contributed by atoms with E-state index < -0.39 is 18.0 Å². The summed E-state index contributed by atoms with van der Waals surface area (Å²) in [7, 11) is 1.53. The van der Waals surface area contributed by atoms with Crippen molar-refractivity contribution in [2.75, 3.05) is 12.4 Å². The summed E-state index contributed by atoms with van der Waals surface area (Å²) in [5, 5.41) is 2.71. The van der Waals surface area contributed by atoms with Crippen LogP contribution in [0.3, 0.4) is 0 Å². The molecule has 0 spiro atoms. The molecule has 0 saturated heterocycles. The Bertz CT molecular complexity index is 780. The molecule has 0 unspecified atom stereocenters.